The van der Waals surface area contributed by atoms with Gasteiger partial charge in [0.2, 0.25) is 0 Å². The van der Waals surface area contributed by atoms with E-state index in [2.05, 4.69) is 0 Å². The van der Waals surface area contributed by atoms with Gasteiger partial charge in [0, 0.05) is 5.56 Å². The molecular weight excluding hydrogens is 242 g/mol. The molecule has 1 rings (SSSR count). The van der Waals surface area contributed by atoms with Gasteiger partial charge >= 0.3 is 0 Å². The van der Waals surface area contributed by atoms with Gasteiger partial charge in [-0.25, -0.2) is 8.42 Å². The van der Waals surface area contributed by atoms with Crippen LogP contribution in [0.5, 0.6) is 0 Å². The van der Waals surface area contributed by atoms with Crippen LogP contribution in [0.15, 0.2) is 29.2 Å². The van der Waals surface area contributed by atoms with Crippen LogP contribution in [0.4, 0.5) is 0 Å². The van der Waals surface area contributed by atoms with Gasteiger partial charge < -0.3 is 10.8 Å². The van der Waals surface area contributed by atoms with Crippen LogP contribution in [0, 0.1) is 0 Å². The van der Waals surface area contributed by atoms with E-state index in [9.17, 15) is 13.2 Å². The summed E-state index contributed by atoms with van der Waals surface area (Å²) in [6.45, 7) is 1.11. The van der Waals surface area contributed by atoms with Crippen LogP contribution in [0.1, 0.15) is 17.3 Å². The molecule has 94 valence electrons. The minimum atomic E-state index is -3.26. The lowest BCUT2D eigenvalue weighted by atomic mass is 10.1. The van der Waals surface area contributed by atoms with Gasteiger partial charge in [-0.05, 0) is 12.1 Å². The first kappa shape index (κ1) is 13.8. The molecule has 1 aromatic rings. The maximum absolute atomic E-state index is 11.6. The Morgan fingerprint density at radius 1 is 1.35 bits per heavy atom. The third-order valence-corrected chi connectivity index (χ3v) is 4.16. The average Bonchev–Trinajstić information content (AvgIpc) is 2.37. The molecule has 1 unspecified atom stereocenters. The summed E-state index contributed by atoms with van der Waals surface area (Å²) in [6, 6.07) is 4.58. The lowest BCUT2D eigenvalue weighted by Crippen LogP contribution is -2.33. The number of carbonyl (C=O) groups is 1. The second-order valence-corrected chi connectivity index (χ2v) is 5.86. The number of carbonyl (C=O) groups excluding carboxylic acids is 1. The van der Waals surface area contributed by atoms with Crippen molar-refractivity contribution in [3.8, 4) is 0 Å². The first-order valence-electron chi connectivity index (χ1n) is 5.16. The molecule has 0 aliphatic heterocycles. The molecule has 0 aliphatic carbocycles. The molecule has 17 heavy (non-hydrogen) atoms. The van der Waals surface area contributed by atoms with Crippen molar-refractivity contribution >= 4 is 15.6 Å². The van der Waals surface area contributed by atoms with Crippen molar-refractivity contribution in [1.29, 1.82) is 0 Å². The summed E-state index contributed by atoms with van der Waals surface area (Å²) in [5.41, 5.74) is 5.67. The highest BCUT2D eigenvalue weighted by Gasteiger charge is 2.16. The Morgan fingerprint density at radius 3 is 2.29 bits per heavy atom. The molecule has 3 N–H and O–H groups in total. The molecule has 0 radical (unpaired) electrons. The second-order valence-electron chi connectivity index (χ2n) is 3.58. The highest BCUT2D eigenvalue weighted by Crippen LogP contribution is 2.13. The summed E-state index contributed by atoms with van der Waals surface area (Å²) >= 11 is 0. The Labute approximate surface area is 100 Å². The fraction of sp³-hybridized carbons (Fsp3) is 0.364. The monoisotopic (exact) mass is 257 g/mol. The maximum Gasteiger partial charge on any atom is 0.181 e. The molecule has 0 saturated heterocycles. The molecule has 0 aromatic heterocycles. The Bertz CT molecular complexity index is 493. The lowest BCUT2D eigenvalue weighted by Gasteiger charge is -2.07. The van der Waals surface area contributed by atoms with Crippen LogP contribution in [0.25, 0.3) is 0 Å². The zero-order valence-corrected chi connectivity index (χ0v) is 10.3. The summed E-state index contributed by atoms with van der Waals surface area (Å²) in [5.74, 6) is -0.399. The number of hydrogen-bond donors (Lipinski definition) is 2. The third kappa shape index (κ3) is 3.12. The molecule has 0 amide bonds. The van der Waals surface area contributed by atoms with Crippen molar-refractivity contribution in [2.24, 2.45) is 5.73 Å². The standard InChI is InChI=1S/C11H15NO4S/c1-2-17(15,16)9-5-3-8(4-6-9)11(14)10(12)7-13/h3-6,10,13H,2,7,12H2,1H3. The van der Waals surface area contributed by atoms with E-state index >= 15 is 0 Å². The van der Waals surface area contributed by atoms with Gasteiger partial charge in [0.1, 0.15) is 0 Å². The fourth-order valence-electron chi connectivity index (χ4n) is 1.29. The van der Waals surface area contributed by atoms with Crippen molar-refractivity contribution in [2.45, 2.75) is 17.9 Å². The van der Waals surface area contributed by atoms with Gasteiger partial charge in [0.15, 0.2) is 15.6 Å². The van der Waals surface area contributed by atoms with Crippen LogP contribution in [-0.2, 0) is 9.84 Å². The number of sulfone groups is 1. The topological polar surface area (TPSA) is 97.5 Å². The zero-order chi connectivity index (χ0) is 13.1. The number of hydrogen-bond acceptors (Lipinski definition) is 5. The van der Waals surface area contributed by atoms with Gasteiger partial charge in [-0.2, -0.15) is 0 Å². The predicted molar refractivity (Wildman–Crippen MR) is 63.6 cm³/mol. The van der Waals surface area contributed by atoms with E-state index in [0.717, 1.165) is 0 Å². The number of Topliss-reactive ketones (excluding diaryl/α,β-unsaturated/α-hetero) is 1. The van der Waals surface area contributed by atoms with Crippen LogP contribution < -0.4 is 5.73 Å². The third-order valence-electron chi connectivity index (χ3n) is 2.41. The molecule has 6 heteroatoms. The van der Waals surface area contributed by atoms with E-state index < -0.39 is 28.3 Å². The van der Waals surface area contributed by atoms with E-state index in [1.165, 1.54) is 24.3 Å². The average molecular weight is 257 g/mol. The Balaban J connectivity index is 3.01. The lowest BCUT2D eigenvalue weighted by molar-refractivity contribution is 0.0925. The van der Waals surface area contributed by atoms with Gasteiger partial charge in [-0.3, -0.25) is 4.79 Å². The normalized spacial score (nSPS) is 13.4. The second kappa shape index (κ2) is 5.39. The maximum atomic E-state index is 11.6. The highest BCUT2D eigenvalue weighted by atomic mass is 32.2. The van der Waals surface area contributed by atoms with E-state index in [1.807, 2.05) is 0 Å². The Hall–Kier alpha value is -1.24. The van der Waals surface area contributed by atoms with E-state index in [0.29, 0.717) is 5.56 Å². The highest BCUT2D eigenvalue weighted by molar-refractivity contribution is 7.91. The van der Waals surface area contributed by atoms with Crippen molar-refractivity contribution in [3.05, 3.63) is 29.8 Å². The fourth-order valence-corrected chi connectivity index (χ4v) is 2.17. The van der Waals surface area contributed by atoms with E-state index in [1.54, 1.807) is 6.92 Å². The molecule has 1 aromatic carbocycles. The molecule has 0 saturated carbocycles. The zero-order valence-electron chi connectivity index (χ0n) is 9.46. The van der Waals surface area contributed by atoms with Crippen molar-refractivity contribution in [3.63, 3.8) is 0 Å². The number of rotatable bonds is 5. The first-order chi connectivity index (χ1) is 7.92. The van der Waals surface area contributed by atoms with Gasteiger partial charge in [-0.15, -0.1) is 0 Å². The van der Waals surface area contributed by atoms with Crippen LogP contribution in [0.2, 0.25) is 0 Å². The van der Waals surface area contributed by atoms with Crippen LogP contribution >= 0.6 is 0 Å². The molecule has 5 nitrogen and oxygen atoms in total. The number of aliphatic hydroxyl groups is 1. The molecular formula is C11H15NO4S. The SMILES string of the molecule is CCS(=O)(=O)c1ccc(C(=O)C(N)CO)cc1. The number of nitrogens with two attached hydrogens (primary N) is 1. The summed E-state index contributed by atoms with van der Waals surface area (Å²) in [5, 5.41) is 8.75. The quantitative estimate of drug-likeness (QED) is 0.723. The summed E-state index contributed by atoms with van der Waals surface area (Å²) in [6.07, 6.45) is 0. The molecule has 0 aliphatic rings. The van der Waals surface area contributed by atoms with Crippen LogP contribution in [-0.4, -0.2) is 37.7 Å². The summed E-state index contributed by atoms with van der Waals surface area (Å²) in [4.78, 5) is 11.7. The smallest absolute Gasteiger partial charge is 0.181 e. The number of aliphatic hydroxyl groups excluding tert-OH is 1. The molecule has 0 bridgehead atoms. The van der Waals surface area contributed by atoms with Crippen molar-refractivity contribution in [2.75, 3.05) is 12.4 Å². The van der Waals surface area contributed by atoms with Crippen LogP contribution in [0.3, 0.4) is 0 Å². The summed E-state index contributed by atoms with van der Waals surface area (Å²) < 4.78 is 23.0. The van der Waals surface area contributed by atoms with Crippen molar-refractivity contribution in [1.82, 2.24) is 0 Å². The minimum absolute atomic E-state index is 0.0104. The molecule has 0 spiro atoms. The molecule has 0 heterocycles. The first-order valence-corrected chi connectivity index (χ1v) is 6.81. The Kier molecular flexibility index (Phi) is 4.39. The minimum Gasteiger partial charge on any atom is -0.394 e. The van der Waals surface area contributed by atoms with Crippen molar-refractivity contribution < 1.29 is 18.3 Å². The van der Waals surface area contributed by atoms with E-state index in [-0.39, 0.29) is 10.6 Å². The summed E-state index contributed by atoms with van der Waals surface area (Å²) in [7, 11) is -3.26. The number of ketones is 1. The number of benzene rings is 1. The van der Waals surface area contributed by atoms with E-state index in [4.69, 9.17) is 10.8 Å². The largest absolute Gasteiger partial charge is 0.394 e. The predicted octanol–water partition coefficient (Wildman–Crippen LogP) is -0.0175. The molecule has 1 atom stereocenters. The molecule has 0 fully saturated rings. The van der Waals surface area contributed by atoms with Gasteiger partial charge in [0.25, 0.3) is 0 Å². The van der Waals surface area contributed by atoms with Gasteiger partial charge in [0.05, 0.1) is 23.3 Å². The van der Waals surface area contributed by atoms with Gasteiger partial charge in [-0.1, -0.05) is 19.1 Å². The Morgan fingerprint density at radius 2 is 1.88 bits per heavy atom.